The van der Waals surface area contributed by atoms with E-state index in [-0.39, 0.29) is 21.5 Å². The topological polar surface area (TPSA) is 134 Å². The number of hydrogen-bond donors (Lipinski definition) is 2. The van der Waals surface area contributed by atoms with Crippen molar-refractivity contribution in [3.63, 3.8) is 0 Å². The van der Waals surface area contributed by atoms with E-state index in [9.17, 15) is 19.7 Å². The normalized spacial score (nSPS) is 10.1. The highest BCUT2D eigenvalue weighted by Gasteiger charge is 2.23. The van der Waals surface area contributed by atoms with Gasteiger partial charge in [-0.1, -0.05) is 0 Å². The predicted molar refractivity (Wildman–Crippen MR) is 70.8 cm³/mol. The van der Waals surface area contributed by atoms with Gasteiger partial charge in [-0.3, -0.25) is 19.7 Å². The molecule has 10 heteroatoms. The highest BCUT2D eigenvalue weighted by molar-refractivity contribution is 9.10. The van der Waals surface area contributed by atoms with Crippen LogP contribution in [0.25, 0.3) is 0 Å². The molecular weight excluding hydrogens is 338 g/mol. The van der Waals surface area contributed by atoms with E-state index >= 15 is 0 Å². The molecule has 0 spiro atoms. The molecule has 2 N–H and O–H groups in total. The van der Waals surface area contributed by atoms with Gasteiger partial charge in [0, 0.05) is 5.56 Å². The Bertz CT molecular complexity index is 560. The lowest BCUT2D eigenvalue weighted by Gasteiger charge is -2.21. The fourth-order valence-corrected chi connectivity index (χ4v) is 2.05. The molecule has 0 aliphatic heterocycles. The summed E-state index contributed by atoms with van der Waals surface area (Å²) in [6.07, 6.45) is 0.964. The van der Waals surface area contributed by atoms with Crippen molar-refractivity contribution >= 4 is 39.4 Å². The van der Waals surface area contributed by atoms with E-state index in [0.29, 0.717) is 0 Å². The Balaban J connectivity index is 3.26. The van der Waals surface area contributed by atoms with Gasteiger partial charge in [-0.2, -0.15) is 0 Å². The molecule has 0 bridgehead atoms. The van der Waals surface area contributed by atoms with Crippen LogP contribution >= 0.6 is 15.9 Å². The number of pyridine rings is 1. The Morgan fingerprint density at radius 2 is 1.90 bits per heavy atom. The van der Waals surface area contributed by atoms with Crippen LogP contribution in [-0.2, 0) is 9.59 Å². The second kappa shape index (κ2) is 6.28. The molecule has 0 atom stereocenters. The van der Waals surface area contributed by atoms with Gasteiger partial charge in [-0.25, -0.2) is 4.98 Å². The molecular formula is C10H10BrN3O6. The van der Waals surface area contributed by atoms with E-state index < -0.39 is 30.0 Å². The van der Waals surface area contributed by atoms with Crippen LogP contribution < -0.4 is 4.90 Å². The van der Waals surface area contributed by atoms with Crippen molar-refractivity contribution in [3.8, 4) is 0 Å². The SMILES string of the molecule is Cc1c([N+](=O)[O-])cnc(N(CC(=O)O)CC(=O)O)c1Br. The standard InChI is InChI=1S/C10H10BrN3O6/c1-5-6(14(19)20)2-12-10(9(5)11)13(3-7(15)16)4-8(17)18/h2H,3-4H2,1H3,(H,15,16)(H,17,18). The van der Waals surface area contributed by atoms with E-state index in [1.807, 2.05) is 0 Å². The molecule has 20 heavy (non-hydrogen) atoms. The van der Waals surface area contributed by atoms with E-state index in [1.165, 1.54) is 6.92 Å². The first-order chi connectivity index (χ1) is 9.23. The van der Waals surface area contributed by atoms with Gasteiger partial charge >= 0.3 is 11.9 Å². The lowest BCUT2D eigenvalue weighted by atomic mass is 10.2. The maximum Gasteiger partial charge on any atom is 0.323 e. The van der Waals surface area contributed by atoms with Crippen LogP contribution in [0.3, 0.4) is 0 Å². The van der Waals surface area contributed by atoms with Crippen LogP contribution in [0.5, 0.6) is 0 Å². The Hall–Kier alpha value is -2.23. The highest BCUT2D eigenvalue weighted by Crippen LogP contribution is 2.32. The maximum absolute atomic E-state index is 10.8. The Morgan fingerprint density at radius 3 is 2.30 bits per heavy atom. The molecule has 1 aromatic heterocycles. The number of carboxylic acid groups (broad SMARTS) is 2. The molecule has 1 heterocycles. The third-order valence-corrected chi connectivity index (χ3v) is 3.32. The first kappa shape index (κ1) is 15.8. The summed E-state index contributed by atoms with van der Waals surface area (Å²) in [4.78, 5) is 36.4. The zero-order chi connectivity index (χ0) is 15.4. The Kier molecular flexibility index (Phi) is 4.97. The molecule has 108 valence electrons. The molecule has 0 aromatic carbocycles. The number of anilines is 1. The van der Waals surface area contributed by atoms with Crippen LogP contribution in [0, 0.1) is 17.0 Å². The zero-order valence-electron chi connectivity index (χ0n) is 10.2. The lowest BCUT2D eigenvalue weighted by Crippen LogP contribution is -2.35. The third kappa shape index (κ3) is 3.63. The van der Waals surface area contributed by atoms with Crippen molar-refractivity contribution in [2.45, 2.75) is 6.92 Å². The highest BCUT2D eigenvalue weighted by atomic mass is 79.9. The largest absolute Gasteiger partial charge is 0.480 e. The maximum atomic E-state index is 10.8. The minimum atomic E-state index is -1.24. The summed E-state index contributed by atoms with van der Waals surface area (Å²) in [7, 11) is 0. The van der Waals surface area contributed by atoms with Crippen molar-refractivity contribution in [1.29, 1.82) is 0 Å². The Morgan fingerprint density at radius 1 is 1.40 bits per heavy atom. The zero-order valence-corrected chi connectivity index (χ0v) is 11.8. The van der Waals surface area contributed by atoms with E-state index in [4.69, 9.17) is 10.2 Å². The summed E-state index contributed by atoms with van der Waals surface area (Å²) in [5, 5.41) is 28.3. The second-order valence-electron chi connectivity index (χ2n) is 3.81. The van der Waals surface area contributed by atoms with Gasteiger partial charge in [0.25, 0.3) is 5.69 Å². The smallest absolute Gasteiger partial charge is 0.323 e. The molecule has 0 amide bonds. The number of carbonyl (C=O) groups is 2. The minimum Gasteiger partial charge on any atom is -0.480 e. The predicted octanol–water partition coefficient (Wildman–Crippen LogP) is 1.04. The van der Waals surface area contributed by atoms with Crippen LogP contribution in [0.4, 0.5) is 11.5 Å². The molecule has 0 saturated carbocycles. The number of rotatable bonds is 6. The molecule has 0 unspecified atom stereocenters. The van der Waals surface area contributed by atoms with E-state index in [2.05, 4.69) is 20.9 Å². The van der Waals surface area contributed by atoms with Gasteiger partial charge in [0.15, 0.2) is 0 Å². The Labute approximate surface area is 121 Å². The van der Waals surface area contributed by atoms with Crippen LogP contribution in [-0.4, -0.2) is 45.1 Å². The summed E-state index contributed by atoms with van der Waals surface area (Å²) in [6, 6.07) is 0. The number of nitro groups is 1. The number of aliphatic carboxylic acids is 2. The van der Waals surface area contributed by atoms with Crippen molar-refractivity contribution in [1.82, 2.24) is 4.98 Å². The van der Waals surface area contributed by atoms with Gasteiger partial charge in [-0.15, -0.1) is 0 Å². The quantitative estimate of drug-likeness (QED) is 0.575. The summed E-state index contributed by atoms with van der Waals surface area (Å²) < 4.78 is 0.189. The molecule has 9 nitrogen and oxygen atoms in total. The average molecular weight is 348 g/mol. The van der Waals surface area contributed by atoms with Gasteiger partial charge in [-0.05, 0) is 22.9 Å². The first-order valence-electron chi connectivity index (χ1n) is 5.22. The number of aromatic nitrogens is 1. The molecule has 1 aromatic rings. The number of carboxylic acids is 2. The number of halogens is 1. The lowest BCUT2D eigenvalue weighted by molar-refractivity contribution is -0.385. The monoisotopic (exact) mass is 347 g/mol. The summed E-state index contributed by atoms with van der Waals surface area (Å²) in [5.41, 5.74) is -0.00741. The van der Waals surface area contributed by atoms with Gasteiger partial charge in [0.05, 0.1) is 9.40 Å². The van der Waals surface area contributed by atoms with Crippen molar-refractivity contribution in [2.75, 3.05) is 18.0 Å². The summed E-state index contributed by atoms with van der Waals surface area (Å²) >= 11 is 3.09. The number of hydrogen-bond acceptors (Lipinski definition) is 6. The van der Waals surface area contributed by atoms with Gasteiger partial charge < -0.3 is 15.1 Å². The van der Waals surface area contributed by atoms with Crippen LogP contribution in [0.2, 0.25) is 0 Å². The van der Waals surface area contributed by atoms with Crippen molar-refractivity contribution in [3.05, 3.63) is 26.3 Å². The molecule has 0 radical (unpaired) electrons. The van der Waals surface area contributed by atoms with Crippen LogP contribution in [0.1, 0.15) is 5.56 Å². The molecule has 0 saturated heterocycles. The van der Waals surface area contributed by atoms with Crippen molar-refractivity contribution in [2.24, 2.45) is 0 Å². The summed E-state index contributed by atoms with van der Waals surface area (Å²) in [5.74, 6) is -2.45. The molecule has 0 fully saturated rings. The van der Waals surface area contributed by atoms with Gasteiger partial charge in [0.2, 0.25) is 0 Å². The summed E-state index contributed by atoms with van der Waals surface area (Å²) in [6.45, 7) is 0.275. The minimum absolute atomic E-state index is 0.0258. The fourth-order valence-electron chi connectivity index (χ4n) is 1.49. The number of nitrogens with zero attached hydrogens (tertiary/aromatic N) is 3. The van der Waals surface area contributed by atoms with Gasteiger partial charge in [0.1, 0.15) is 25.1 Å². The van der Waals surface area contributed by atoms with Crippen LogP contribution in [0.15, 0.2) is 10.7 Å². The first-order valence-corrected chi connectivity index (χ1v) is 6.01. The third-order valence-electron chi connectivity index (χ3n) is 2.37. The fraction of sp³-hybridized carbons (Fsp3) is 0.300. The molecule has 1 rings (SSSR count). The van der Waals surface area contributed by atoms with E-state index in [0.717, 1.165) is 11.1 Å². The molecule has 0 aliphatic rings. The van der Waals surface area contributed by atoms with Crippen molar-refractivity contribution < 1.29 is 24.7 Å². The van der Waals surface area contributed by atoms with E-state index in [1.54, 1.807) is 0 Å². The second-order valence-corrected chi connectivity index (χ2v) is 4.60. The average Bonchev–Trinajstić information content (AvgIpc) is 2.30. The molecule has 0 aliphatic carbocycles.